The molecule has 2 fully saturated rings. The Labute approximate surface area is 213 Å². The molecule has 5 atom stereocenters. The summed E-state index contributed by atoms with van der Waals surface area (Å²) in [5.74, 6) is -0.390. The van der Waals surface area contributed by atoms with Crippen molar-refractivity contribution in [2.24, 2.45) is 0 Å². The molecule has 1 unspecified atom stereocenters. The fourth-order valence-electron chi connectivity index (χ4n) is 4.73. The van der Waals surface area contributed by atoms with Gasteiger partial charge in [-0.3, -0.25) is 4.57 Å². The van der Waals surface area contributed by atoms with Gasteiger partial charge < -0.3 is 38.6 Å². The number of hydrogen-bond donors (Lipinski definition) is 3. The second kappa shape index (κ2) is 9.78. The number of ether oxygens (including phenoxy) is 4. The molecule has 2 saturated heterocycles. The standard InChI is InChI=1S/C24H28N5O7P/c1-14(15-7-5-4-6-8-15)26-21-16-9-10-29(22(16)28-18(11-25)27-21)23-20-19(35-24(2,3)36-20)17(34-23)12-33-13-37(30,31)32/h4-10,14,17,19-20,23H,12-13H2,1-3H3,(H,26,27,28)(H2,30,31,32)/t14?,17-,19-,20-,23-/m1/s1. The predicted molar refractivity (Wildman–Crippen MR) is 131 cm³/mol. The molecule has 2 aliphatic heterocycles. The maximum Gasteiger partial charge on any atom is 0.350 e. The molecular weight excluding hydrogens is 501 g/mol. The number of nitrogens with zero attached hydrogens (tertiary/aromatic N) is 4. The van der Waals surface area contributed by atoms with Crippen LogP contribution in [0.15, 0.2) is 42.6 Å². The lowest BCUT2D eigenvalue weighted by Gasteiger charge is -2.25. The smallest absolute Gasteiger partial charge is 0.350 e. The first-order valence-corrected chi connectivity index (χ1v) is 13.6. The Morgan fingerprint density at radius 1 is 1.22 bits per heavy atom. The predicted octanol–water partition coefficient (Wildman–Crippen LogP) is 3.05. The fourth-order valence-corrected chi connectivity index (χ4v) is 5.08. The highest BCUT2D eigenvalue weighted by Crippen LogP contribution is 2.45. The monoisotopic (exact) mass is 529 g/mol. The lowest BCUT2D eigenvalue weighted by atomic mass is 10.1. The number of benzene rings is 1. The number of nitrogens with one attached hydrogen (secondary N) is 1. The Morgan fingerprint density at radius 2 is 1.95 bits per heavy atom. The lowest BCUT2D eigenvalue weighted by molar-refractivity contribution is -0.201. The number of fused-ring (bicyclic) bond motifs is 2. The summed E-state index contributed by atoms with van der Waals surface area (Å²) in [5.41, 5.74) is 1.54. The van der Waals surface area contributed by atoms with Gasteiger partial charge in [-0.15, -0.1) is 0 Å². The van der Waals surface area contributed by atoms with Crippen LogP contribution in [-0.4, -0.2) is 61.4 Å². The van der Waals surface area contributed by atoms with E-state index in [1.807, 2.05) is 49.4 Å². The van der Waals surface area contributed by atoms with Gasteiger partial charge in [-0.1, -0.05) is 30.3 Å². The van der Waals surface area contributed by atoms with Gasteiger partial charge in [0.05, 0.1) is 12.0 Å². The summed E-state index contributed by atoms with van der Waals surface area (Å²) in [5, 5.41) is 13.7. The van der Waals surface area contributed by atoms with Gasteiger partial charge in [0.25, 0.3) is 0 Å². The number of anilines is 1. The summed E-state index contributed by atoms with van der Waals surface area (Å²) >= 11 is 0. The molecule has 2 aliphatic rings. The Balaban J connectivity index is 1.46. The van der Waals surface area contributed by atoms with Gasteiger partial charge in [0.2, 0.25) is 5.82 Å². The molecule has 196 valence electrons. The van der Waals surface area contributed by atoms with E-state index in [9.17, 15) is 9.83 Å². The van der Waals surface area contributed by atoms with E-state index in [0.29, 0.717) is 16.9 Å². The van der Waals surface area contributed by atoms with Crippen molar-refractivity contribution in [1.29, 1.82) is 5.26 Å². The molecule has 4 heterocycles. The Morgan fingerprint density at radius 3 is 2.65 bits per heavy atom. The van der Waals surface area contributed by atoms with E-state index in [4.69, 9.17) is 28.7 Å². The normalized spacial score (nSPS) is 25.6. The maximum absolute atomic E-state index is 11.2. The number of rotatable bonds is 8. The Bertz CT molecular complexity index is 1370. The molecule has 0 spiro atoms. The average molecular weight is 529 g/mol. The zero-order valence-corrected chi connectivity index (χ0v) is 21.4. The number of hydrogen-bond acceptors (Lipinski definition) is 9. The Hall–Kier alpha value is -2.88. The first-order valence-electron chi connectivity index (χ1n) is 11.8. The molecule has 5 rings (SSSR count). The van der Waals surface area contributed by atoms with Crippen molar-refractivity contribution in [3.05, 3.63) is 54.0 Å². The van der Waals surface area contributed by atoms with Gasteiger partial charge in [-0.25, -0.2) is 9.97 Å². The zero-order chi connectivity index (χ0) is 26.4. The van der Waals surface area contributed by atoms with E-state index in [1.165, 1.54) is 0 Å². The minimum atomic E-state index is -4.33. The van der Waals surface area contributed by atoms with Crippen LogP contribution in [0.3, 0.4) is 0 Å². The molecule has 0 aliphatic carbocycles. The highest BCUT2D eigenvalue weighted by molar-refractivity contribution is 7.51. The summed E-state index contributed by atoms with van der Waals surface area (Å²) in [6, 6.07) is 13.7. The summed E-state index contributed by atoms with van der Waals surface area (Å²) < 4.78 is 36.6. The number of nitriles is 1. The van der Waals surface area contributed by atoms with Crippen molar-refractivity contribution in [2.45, 2.75) is 57.1 Å². The highest BCUT2D eigenvalue weighted by Gasteiger charge is 2.56. The summed E-state index contributed by atoms with van der Waals surface area (Å²) in [6.07, 6.45) is -1.35. The molecule has 1 aromatic carbocycles. The van der Waals surface area contributed by atoms with Crippen LogP contribution in [0, 0.1) is 11.3 Å². The highest BCUT2D eigenvalue weighted by atomic mass is 31.2. The van der Waals surface area contributed by atoms with Crippen LogP contribution in [0.1, 0.15) is 44.4 Å². The molecule has 37 heavy (non-hydrogen) atoms. The zero-order valence-electron chi connectivity index (χ0n) is 20.5. The molecule has 0 bridgehead atoms. The van der Waals surface area contributed by atoms with E-state index >= 15 is 0 Å². The second-order valence-corrected chi connectivity index (χ2v) is 11.1. The third kappa shape index (κ3) is 5.39. The van der Waals surface area contributed by atoms with Crippen LogP contribution in [0.5, 0.6) is 0 Å². The summed E-state index contributed by atoms with van der Waals surface area (Å²) in [4.78, 5) is 27.1. The van der Waals surface area contributed by atoms with Crippen molar-refractivity contribution >= 4 is 24.4 Å². The van der Waals surface area contributed by atoms with Crippen LogP contribution in [-0.2, 0) is 23.5 Å². The van der Waals surface area contributed by atoms with Gasteiger partial charge in [0.1, 0.15) is 42.2 Å². The quantitative estimate of drug-likeness (QED) is 0.368. The van der Waals surface area contributed by atoms with Crippen molar-refractivity contribution in [3.8, 4) is 6.07 Å². The van der Waals surface area contributed by atoms with Gasteiger partial charge in [-0.05, 0) is 32.4 Å². The van der Waals surface area contributed by atoms with E-state index in [1.54, 1.807) is 24.6 Å². The van der Waals surface area contributed by atoms with E-state index in [2.05, 4.69) is 15.3 Å². The van der Waals surface area contributed by atoms with E-state index in [-0.39, 0.29) is 18.5 Å². The molecule has 0 saturated carbocycles. The van der Waals surface area contributed by atoms with Gasteiger partial charge >= 0.3 is 7.60 Å². The average Bonchev–Trinajstić information content (AvgIpc) is 3.50. The minimum Gasteiger partial charge on any atom is -0.366 e. The van der Waals surface area contributed by atoms with E-state index < -0.39 is 44.3 Å². The molecule has 13 heteroatoms. The summed E-state index contributed by atoms with van der Waals surface area (Å²) in [6.45, 7) is 5.48. The van der Waals surface area contributed by atoms with Gasteiger partial charge in [-0.2, -0.15) is 5.26 Å². The first kappa shape index (κ1) is 25.8. The van der Waals surface area contributed by atoms with Crippen LogP contribution >= 0.6 is 7.60 Å². The van der Waals surface area contributed by atoms with Crippen LogP contribution in [0.25, 0.3) is 11.0 Å². The van der Waals surface area contributed by atoms with Crippen LogP contribution in [0.2, 0.25) is 0 Å². The molecule has 3 aromatic rings. The van der Waals surface area contributed by atoms with Crippen LogP contribution in [0.4, 0.5) is 5.82 Å². The van der Waals surface area contributed by atoms with Crippen molar-refractivity contribution in [3.63, 3.8) is 0 Å². The molecule has 3 N–H and O–H groups in total. The lowest BCUT2D eigenvalue weighted by Crippen LogP contribution is -2.33. The minimum absolute atomic E-state index is 0.00444. The van der Waals surface area contributed by atoms with Crippen molar-refractivity contribution < 1.29 is 33.3 Å². The van der Waals surface area contributed by atoms with Crippen molar-refractivity contribution in [2.75, 3.05) is 18.3 Å². The van der Waals surface area contributed by atoms with Crippen molar-refractivity contribution in [1.82, 2.24) is 14.5 Å². The second-order valence-electron chi connectivity index (χ2n) is 9.54. The SMILES string of the molecule is CC(Nc1nc(C#N)nc2c1ccn2[C@@H]1O[C@H](COCP(=O)(O)O)[C@H]2OC(C)(C)O[C@H]21)c1ccccc1. The third-order valence-electron chi connectivity index (χ3n) is 6.27. The molecular formula is C24H28N5O7P. The van der Waals surface area contributed by atoms with Gasteiger partial charge in [0.15, 0.2) is 12.0 Å². The Kier molecular flexibility index (Phi) is 6.81. The maximum atomic E-state index is 11.2. The van der Waals surface area contributed by atoms with Crippen LogP contribution < -0.4 is 5.32 Å². The molecule has 2 aromatic heterocycles. The van der Waals surface area contributed by atoms with Gasteiger partial charge in [0, 0.05) is 12.2 Å². The summed E-state index contributed by atoms with van der Waals surface area (Å²) in [7, 11) is -4.33. The third-order valence-corrected chi connectivity index (χ3v) is 6.78. The topological polar surface area (TPSA) is 161 Å². The molecule has 0 radical (unpaired) electrons. The molecule has 12 nitrogen and oxygen atoms in total. The fraction of sp³-hybridized carbons (Fsp3) is 0.458. The van der Waals surface area contributed by atoms with E-state index in [0.717, 1.165) is 5.56 Å². The largest absolute Gasteiger partial charge is 0.366 e. The number of aromatic nitrogens is 3. The first-order chi connectivity index (χ1) is 17.5. The molecule has 0 amide bonds.